The van der Waals surface area contributed by atoms with Crippen molar-refractivity contribution in [2.75, 3.05) is 11.1 Å². The van der Waals surface area contributed by atoms with Gasteiger partial charge in [-0.1, -0.05) is 13.3 Å². The van der Waals surface area contributed by atoms with Gasteiger partial charge in [0.25, 0.3) is 0 Å². The second kappa shape index (κ2) is 4.41. The Morgan fingerprint density at radius 1 is 1.33 bits per heavy atom. The van der Waals surface area contributed by atoms with Gasteiger partial charge in [0.05, 0.1) is 0 Å². The first-order valence-electron chi connectivity index (χ1n) is 7.09. The van der Waals surface area contributed by atoms with E-state index in [4.69, 9.17) is 5.73 Å². The maximum atomic E-state index is 5.99. The van der Waals surface area contributed by atoms with Crippen LogP contribution in [0.3, 0.4) is 0 Å². The van der Waals surface area contributed by atoms with Crippen molar-refractivity contribution >= 4 is 11.6 Å². The summed E-state index contributed by atoms with van der Waals surface area (Å²) in [6, 6.07) is 0.602. The van der Waals surface area contributed by atoms with Gasteiger partial charge in [-0.05, 0) is 38.5 Å². The fraction of sp³-hybridized carbons (Fsp3) is 0.714. The minimum Gasteiger partial charge on any atom is -0.383 e. The molecular weight excluding hydrogens is 224 g/mol. The second-order valence-electron chi connectivity index (χ2n) is 5.75. The van der Waals surface area contributed by atoms with E-state index in [1.165, 1.54) is 32.1 Å². The second-order valence-corrected chi connectivity index (χ2v) is 5.75. The van der Waals surface area contributed by atoms with Crippen LogP contribution in [-0.2, 0) is 0 Å². The molecule has 0 radical (unpaired) electrons. The summed E-state index contributed by atoms with van der Waals surface area (Å²) < 4.78 is 0. The molecule has 0 aliphatic heterocycles. The van der Waals surface area contributed by atoms with Gasteiger partial charge in [0.15, 0.2) is 0 Å². The van der Waals surface area contributed by atoms with Crippen molar-refractivity contribution in [3.63, 3.8) is 0 Å². The molecule has 4 nitrogen and oxygen atoms in total. The Kier molecular flexibility index (Phi) is 2.88. The van der Waals surface area contributed by atoms with Crippen LogP contribution in [0, 0.1) is 12.8 Å². The zero-order chi connectivity index (χ0) is 12.7. The molecule has 3 rings (SSSR count). The summed E-state index contributed by atoms with van der Waals surface area (Å²) >= 11 is 0. The molecule has 4 heteroatoms. The molecule has 0 spiro atoms. The zero-order valence-electron chi connectivity index (χ0n) is 11.2. The highest BCUT2D eigenvalue weighted by atomic mass is 15.1. The minimum absolute atomic E-state index is 0.555. The Bertz CT molecular complexity index is 453. The lowest BCUT2D eigenvalue weighted by Crippen LogP contribution is -2.12. The first-order chi connectivity index (χ1) is 8.69. The molecular formula is C14H22N4. The van der Waals surface area contributed by atoms with E-state index in [2.05, 4.69) is 22.2 Å². The van der Waals surface area contributed by atoms with E-state index >= 15 is 0 Å². The van der Waals surface area contributed by atoms with Crippen molar-refractivity contribution in [3.05, 3.63) is 11.4 Å². The smallest absolute Gasteiger partial charge is 0.136 e. The van der Waals surface area contributed by atoms with Crippen LogP contribution in [0.2, 0.25) is 0 Å². The van der Waals surface area contributed by atoms with Crippen molar-refractivity contribution in [1.29, 1.82) is 0 Å². The predicted octanol–water partition coefficient (Wildman–Crippen LogP) is 2.85. The van der Waals surface area contributed by atoms with Crippen molar-refractivity contribution in [2.45, 2.75) is 57.9 Å². The van der Waals surface area contributed by atoms with Gasteiger partial charge >= 0.3 is 0 Å². The lowest BCUT2D eigenvalue weighted by Gasteiger charge is -2.11. The summed E-state index contributed by atoms with van der Waals surface area (Å²) in [6.45, 7) is 4.25. The summed E-state index contributed by atoms with van der Waals surface area (Å²) in [7, 11) is 0. The number of nitrogens with two attached hydrogens (primary N) is 1. The summed E-state index contributed by atoms with van der Waals surface area (Å²) in [4.78, 5) is 9.07. The molecule has 2 unspecified atom stereocenters. The van der Waals surface area contributed by atoms with Crippen LogP contribution in [0.15, 0.2) is 0 Å². The molecule has 2 atom stereocenters. The van der Waals surface area contributed by atoms with Crippen LogP contribution in [0.5, 0.6) is 0 Å². The molecule has 1 aromatic heterocycles. The molecule has 0 saturated heterocycles. The number of anilines is 2. The lowest BCUT2D eigenvalue weighted by atomic mass is 10.2. The zero-order valence-corrected chi connectivity index (χ0v) is 11.2. The summed E-state index contributed by atoms with van der Waals surface area (Å²) in [5.41, 5.74) is 6.99. The van der Waals surface area contributed by atoms with E-state index in [0.29, 0.717) is 17.8 Å². The fourth-order valence-corrected chi connectivity index (χ4v) is 2.51. The van der Waals surface area contributed by atoms with E-state index in [9.17, 15) is 0 Å². The van der Waals surface area contributed by atoms with Crippen LogP contribution < -0.4 is 11.1 Å². The van der Waals surface area contributed by atoms with Crippen molar-refractivity contribution in [1.82, 2.24) is 9.97 Å². The molecule has 2 aliphatic rings. The summed E-state index contributed by atoms with van der Waals surface area (Å²) in [5, 5.41) is 3.55. The van der Waals surface area contributed by atoms with E-state index < -0.39 is 0 Å². The number of aromatic nitrogens is 2. The normalized spacial score (nSPS) is 26.1. The molecule has 2 aliphatic carbocycles. The van der Waals surface area contributed by atoms with E-state index in [1.807, 2.05) is 6.92 Å². The molecule has 2 fully saturated rings. The maximum Gasteiger partial charge on any atom is 0.136 e. The molecule has 0 aromatic carbocycles. The average molecular weight is 246 g/mol. The molecule has 2 saturated carbocycles. The Morgan fingerprint density at radius 2 is 2.11 bits per heavy atom. The quantitative estimate of drug-likeness (QED) is 0.838. The predicted molar refractivity (Wildman–Crippen MR) is 73.6 cm³/mol. The van der Waals surface area contributed by atoms with Crippen LogP contribution in [0.25, 0.3) is 0 Å². The van der Waals surface area contributed by atoms with Crippen LogP contribution >= 0.6 is 0 Å². The first-order valence-corrected chi connectivity index (χ1v) is 7.09. The monoisotopic (exact) mass is 246 g/mol. The number of nitrogen functional groups attached to an aromatic ring is 1. The molecule has 18 heavy (non-hydrogen) atoms. The highest BCUT2D eigenvalue weighted by Gasteiger charge is 2.37. The van der Waals surface area contributed by atoms with Gasteiger partial charge in [0.1, 0.15) is 17.5 Å². The Balaban J connectivity index is 1.74. The summed E-state index contributed by atoms with van der Waals surface area (Å²) in [5.74, 6) is 3.93. The standard InChI is InChI=1S/C14H22N4/c1-3-4-10-7-11(10)16-13-8(2)12(15)17-14(18-13)9-5-6-9/h9-11H,3-7H2,1-2H3,(H3,15,16,17,18). The van der Waals surface area contributed by atoms with Gasteiger partial charge in [-0.15, -0.1) is 0 Å². The average Bonchev–Trinajstić information content (AvgIpc) is 3.20. The summed E-state index contributed by atoms with van der Waals surface area (Å²) in [6.07, 6.45) is 6.28. The Labute approximate surface area is 108 Å². The van der Waals surface area contributed by atoms with E-state index in [1.54, 1.807) is 0 Å². The topological polar surface area (TPSA) is 63.8 Å². The number of hydrogen-bond donors (Lipinski definition) is 2. The van der Waals surface area contributed by atoms with Crippen molar-refractivity contribution in [2.24, 2.45) is 5.92 Å². The minimum atomic E-state index is 0.555. The number of nitrogens with one attached hydrogen (secondary N) is 1. The van der Waals surface area contributed by atoms with Gasteiger partial charge in [0.2, 0.25) is 0 Å². The van der Waals surface area contributed by atoms with Crippen molar-refractivity contribution < 1.29 is 0 Å². The van der Waals surface area contributed by atoms with Gasteiger partial charge in [0, 0.05) is 17.5 Å². The molecule has 98 valence electrons. The van der Waals surface area contributed by atoms with Crippen LogP contribution in [0.1, 0.15) is 56.3 Å². The van der Waals surface area contributed by atoms with Gasteiger partial charge in [-0.2, -0.15) is 0 Å². The Hall–Kier alpha value is -1.32. The molecule has 0 amide bonds. The third-order valence-corrected chi connectivity index (χ3v) is 4.05. The first kappa shape index (κ1) is 11.8. The number of nitrogens with zero attached hydrogens (tertiary/aromatic N) is 2. The number of hydrogen-bond acceptors (Lipinski definition) is 4. The maximum absolute atomic E-state index is 5.99. The number of rotatable bonds is 5. The largest absolute Gasteiger partial charge is 0.383 e. The van der Waals surface area contributed by atoms with Crippen LogP contribution in [-0.4, -0.2) is 16.0 Å². The third kappa shape index (κ3) is 2.28. The van der Waals surface area contributed by atoms with Gasteiger partial charge in [-0.25, -0.2) is 9.97 Å². The van der Waals surface area contributed by atoms with Crippen LogP contribution in [0.4, 0.5) is 11.6 Å². The van der Waals surface area contributed by atoms with Gasteiger partial charge < -0.3 is 11.1 Å². The molecule has 3 N–H and O–H groups in total. The Morgan fingerprint density at radius 3 is 2.78 bits per heavy atom. The molecule has 0 bridgehead atoms. The molecule has 1 heterocycles. The lowest BCUT2D eigenvalue weighted by molar-refractivity contribution is 0.691. The van der Waals surface area contributed by atoms with E-state index in [0.717, 1.165) is 23.1 Å². The molecule has 1 aromatic rings. The van der Waals surface area contributed by atoms with E-state index in [-0.39, 0.29) is 0 Å². The highest BCUT2D eigenvalue weighted by molar-refractivity contribution is 5.56. The highest BCUT2D eigenvalue weighted by Crippen LogP contribution is 2.41. The van der Waals surface area contributed by atoms with Crippen molar-refractivity contribution in [3.8, 4) is 0 Å². The third-order valence-electron chi connectivity index (χ3n) is 4.05. The van der Waals surface area contributed by atoms with Gasteiger partial charge in [-0.3, -0.25) is 0 Å². The SMILES string of the molecule is CCCC1CC1Nc1nc(C2CC2)nc(N)c1C. The fourth-order valence-electron chi connectivity index (χ4n) is 2.51.